The van der Waals surface area contributed by atoms with E-state index < -0.39 is 11.9 Å². The molecule has 3 heterocycles. The Morgan fingerprint density at radius 2 is 2.09 bits per heavy atom. The van der Waals surface area contributed by atoms with Gasteiger partial charge >= 0.3 is 6.03 Å². The predicted octanol–water partition coefficient (Wildman–Crippen LogP) is 0.722. The standard InChI is InChI=1S/C16H15N3O4/c20-8-9-2-1-3-12-11(9)6-10-7-18(16(23)19(10)12)13-4-5-14(21)17-15(13)22/h1-3,6,13,20H,4-5,7-8H2,(H,17,21,22). The van der Waals surface area contributed by atoms with Crippen LogP contribution in [0.15, 0.2) is 24.3 Å². The second-order valence-electron chi connectivity index (χ2n) is 5.86. The number of carbonyl (C=O) groups is 3. The Labute approximate surface area is 131 Å². The molecule has 1 unspecified atom stereocenters. The highest BCUT2D eigenvalue weighted by Gasteiger charge is 2.39. The van der Waals surface area contributed by atoms with Crippen molar-refractivity contribution in [2.75, 3.05) is 0 Å². The summed E-state index contributed by atoms with van der Waals surface area (Å²) in [5, 5.41) is 12.6. The summed E-state index contributed by atoms with van der Waals surface area (Å²) >= 11 is 0. The molecular weight excluding hydrogens is 298 g/mol. The summed E-state index contributed by atoms with van der Waals surface area (Å²) in [7, 11) is 0. The maximum absolute atomic E-state index is 12.8. The van der Waals surface area contributed by atoms with E-state index in [4.69, 9.17) is 0 Å². The van der Waals surface area contributed by atoms with Crippen LogP contribution in [0, 0.1) is 0 Å². The first kappa shape index (κ1) is 14.0. The smallest absolute Gasteiger partial charge is 0.329 e. The molecule has 0 spiro atoms. The zero-order valence-corrected chi connectivity index (χ0v) is 12.3. The number of nitrogens with zero attached hydrogens (tertiary/aromatic N) is 2. The molecular formula is C16H15N3O4. The van der Waals surface area contributed by atoms with Crippen LogP contribution >= 0.6 is 0 Å². The topological polar surface area (TPSA) is 91.6 Å². The Hall–Kier alpha value is -2.67. The minimum Gasteiger partial charge on any atom is -0.392 e. The maximum Gasteiger partial charge on any atom is 0.329 e. The fourth-order valence-corrected chi connectivity index (χ4v) is 3.42. The van der Waals surface area contributed by atoms with Crippen LogP contribution in [0.4, 0.5) is 4.79 Å². The lowest BCUT2D eigenvalue weighted by atomic mass is 10.0. The van der Waals surface area contributed by atoms with E-state index in [-0.39, 0.29) is 25.0 Å². The number of piperidine rings is 1. The maximum atomic E-state index is 12.8. The van der Waals surface area contributed by atoms with E-state index in [0.717, 1.165) is 22.2 Å². The number of aliphatic hydroxyl groups is 1. The Bertz CT molecular complexity index is 854. The lowest BCUT2D eigenvalue weighted by Crippen LogP contribution is -2.52. The normalized spacial score (nSPS) is 21.0. The molecule has 0 radical (unpaired) electrons. The first-order chi connectivity index (χ1) is 11.1. The molecule has 1 saturated heterocycles. The fraction of sp³-hybridized carbons (Fsp3) is 0.312. The lowest BCUT2D eigenvalue weighted by Gasteiger charge is -2.28. The molecule has 1 aromatic carbocycles. The summed E-state index contributed by atoms with van der Waals surface area (Å²) in [5.74, 6) is -0.712. The lowest BCUT2D eigenvalue weighted by molar-refractivity contribution is -0.136. The monoisotopic (exact) mass is 313 g/mol. The molecule has 7 heteroatoms. The highest BCUT2D eigenvalue weighted by Crippen LogP contribution is 2.31. The van der Waals surface area contributed by atoms with Crippen LogP contribution in [0.3, 0.4) is 0 Å². The van der Waals surface area contributed by atoms with Gasteiger partial charge < -0.3 is 10.0 Å². The van der Waals surface area contributed by atoms with Gasteiger partial charge in [0.1, 0.15) is 6.04 Å². The van der Waals surface area contributed by atoms with Gasteiger partial charge in [-0.3, -0.25) is 19.5 Å². The van der Waals surface area contributed by atoms with E-state index in [9.17, 15) is 19.5 Å². The number of hydrogen-bond acceptors (Lipinski definition) is 4. The summed E-state index contributed by atoms with van der Waals surface area (Å²) in [5.41, 5.74) is 2.28. The molecule has 2 aromatic rings. The number of amides is 3. The number of hydrogen-bond donors (Lipinski definition) is 2. The molecule has 118 valence electrons. The van der Waals surface area contributed by atoms with Gasteiger partial charge in [-0.25, -0.2) is 4.79 Å². The Morgan fingerprint density at radius 3 is 2.83 bits per heavy atom. The third kappa shape index (κ3) is 1.97. The molecule has 2 aliphatic heterocycles. The van der Waals surface area contributed by atoms with Gasteiger partial charge in [0, 0.05) is 17.5 Å². The second kappa shape index (κ2) is 4.92. The number of imide groups is 1. The average molecular weight is 313 g/mol. The van der Waals surface area contributed by atoms with Gasteiger partial charge in [0.05, 0.1) is 18.7 Å². The summed E-state index contributed by atoms with van der Waals surface area (Å²) in [6.45, 7) is 0.233. The zero-order chi connectivity index (χ0) is 16.1. The van der Waals surface area contributed by atoms with E-state index >= 15 is 0 Å². The molecule has 1 fully saturated rings. The van der Waals surface area contributed by atoms with Crippen LogP contribution in [0.1, 0.15) is 24.1 Å². The van der Waals surface area contributed by atoms with Crippen LogP contribution in [0.25, 0.3) is 10.9 Å². The summed E-state index contributed by atoms with van der Waals surface area (Å²) in [4.78, 5) is 37.5. The van der Waals surface area contributed by atoms with Gasteiger partial charge in [0.15, 0.2) is 0 Å². The van der Waals surface area contributed by atoms with Crippen LogP contribution in [0.5, 0.6) is 0 Å². The molecule has 0 bridgehead atoms. The van der Waals surface area contributed by atoms with Crippen molar-refractivity contribution in [3.05, 3.63) is 35.5 Å². The second-order valence-corrected chi connectivity index (χ2v) is 5.86. The van der Waals surface area contributed by atoms with Crippen molar-refractivity contribution in [3.63, 3.8) is 0 Å². The Kier molecular flexibility index (Phi) is 2.99. The van der Waals surface area contributed by atoms with Crippen molar-refractivity contribution in [3.8, 4) is 0 Å². The van der Waals surface area contributed by atoms with E-state index in [0.29, 0.717) is 13.0 Å². The van der Waals surface area contributed by atoms with Gasteiger partial charge in [-0.05, 0) is 24.1 Å². The fourth-order valence-electron chi connectivity index (χ4n) is 3.42. The van der Waals surface area contributed by atoms with Crippen LogP contribution in [0.2, 0.25) is 0 Å². The predicted molar refractivity (Wildman–Crippen MR) is 80.4 cm³/mol. The number of nitrogens with one attached hydrogen (secondary N) is 1. The van der Waals surface area contributed by atoms with Crippen molar-refractivity contribution >= 4 is 28.7 Å². The van der Waals surface area contributed by atoms with Crippen molar-refractivity contribution in [1.29, 1.82) is 0 Å². The molecule has 23 heavy (non-hydrogen) atoms. The Balaban J connectivity index is 1.72. The molecule has 7 nitrogen and oxygen atoms in total. The van der Waals surface area contributed by atoms with Gasteiger partial charge in [-0.1, -0.05) is 12.1 Å². The van der Waals surface area contributed by atoms with Crippen molar-refractivity contribution in [1.82, 2.24) is 14.8 Å². The molecule has 1 aromatic heterocycles. The molecule has 0 saturated carbocycles. The van der Waals surface area contributed by atoms with Gasteiger partial charge in [-0.2, -0.15) is 0 Å². The van der Waals surface area contributed by atoms with Gasteiger partial charge in [0.2, 0.25) is 11.8 Å². The summed E-state index contributed by atoms with van der Waals surface area (Å²) in [6, 6.07) is 6.44. The van der Waals surface area contributed by atoms with Crippen LogP contribution < -0.4 is 5.32 Å². The number of aliphatic hydroxyl groups excluding tert-OH is 1. The molecule has 3 amide bonds. The van der Waals surface area contributed by atoms with E-state index in [1.54, 1.807) is 10.6 Å². The summed E-state index contributed by atoms with van der Waals surface area (Å²) < 4.78 is 1.58. The van der Waals surface area contributed by atoms with Crippen molar-refractivity contribution < 1.29 is 19.5 Å². The third-order valence-electron chi connectivity index (χ3n) is 4.54. The number of aromatic nitrogens is 1. The first-order valence-electron chi connectivity index (χ1n) is 7.48. The SMILES string of the molecule is O=C1CCC(N2Cc3cc4c(CO)cccc4n3C2=O)C(=O)N1. The first-order valence-corrected chi connectivity index (χ1v) is 7.48. The van der Waals surface area contributed by atoms with E-state index in [1.807, 2.05) is 18.2 Å². The number of carbonyl (C=O) groups excluding carboxylic acids is 3. The zero-order valence-electron chi connectivity index (χ0n) is 12.3. The molecule has 1 atom stereocenters. The molecule has 2 aliphatic rings. The van der Waals surface area contributed by atoms with Crippen LogP contribution in [-0.4, -0.2) is 38.5 Å². The highest BCUT2D eigenvalue weighted by molar-refractivity contribution is 6.03. The van der Waals surface area contributed by atoms with E-state index in [2.05, 4.69) is 5.32 Å². The summed E-state index contributed by atoms with van der Waals surface area (Å²) in [6.07, 6.45) is 0.589. The third-order valence-corrected chi connectivity index (χ3v) is 4.54. The number of benzene rings is 1. The number of rotatable bonds is 2. The van der Waals surface area contributed by atoms with E-state index in [1.165, 1.54) is 4.90 Å². The quantitative estimate of drug-likeness (QED) is 0.799. The minimum absolute atomic E-state index is 0.0914. The highest BCUT2D eigenvalue weighted by atomic mass is 16.3. The largest absolute Gasteiger partial charge is 0.392 e. The van der Waals surface area contributed by atoms with Crippen LogP contribution in [-0.2, 0) is 22.7 Å². The molecule has 2 N–H and O–H groups in total. The number of fused-ring (bicyclic) bond motifs is 3. The van der Waals surface area contributed by atoms with Gasteiger partial charge in [-0.15, -0.1) is 0 Å². The molecule has 4 rings (SSSR count). The van der Waals surface area contributed by atoms with Gasteiger partial charge in [0.25, 0.3) is 0 Å². The minimum atomic E-state index is -0.615. The molecule has 0 aliphatic carbocycles. The van der Waals surface area contributed by atoms with Crippen molar-refractivity contribution in [2.24, 2.45) is 0 Å². The Morgan fingerprint density at radius 1 is 1.26 bits per heavy atom. The average Bonchev–Trinajstić information content (AvgIpc) is 3.04. The van der Waals surface area contributed by atoms with Crippen molar-refractivity contribution in [2.45, 2.75) is 32.0 Å².